The van der Waals surface area contributed by atoms with Crippen molar-refractivity contribution >= 4 is 5.96 Å². The molecule has 1 aliphatic heterocycles. The normalized spacial score (nSPS) is 17.4. The van der Waals surface area contributed by atoms with E-state index in [1.807, 2.05) is 24.4 Å². The highest BCUT2D eigenvalue weighted by molar-refractivity contribution is 5.81. The summed E-state index contributed by atoms with van der Waals surface area (Å²) in [4.78, 5) is 11.8. The number of nitrogens with one attached hydrogen (secondary N) is 2. The average Bonchev–Trinajstić information content (AvgIpc) is 3.53. The molecule has 2 aromatic heterocycles. The first kappa shape index (κ1) is 22.5. The van der Waals surface area contributed by atoms with Gasteiger partial charge in [0.15, 0.2) is 11.8 Å². The van der Waals surface area contributed by atoms with Crippen molar-refractivity contribution in [1.82, 2.24) is 35.3 Å². The summed E-state index contributed by atoms with van der Waals surface area (Å²) in [6.07, 6.45) is 7.57. The maximum atomic E-state index is 4.81. The predicted molar refractivity (Wildman–Crippen MR) is 134 cm³/mol. The number of guanidine groups is 1. The lowest BCUT2D eigenvalue weighted by Crippen LogP contribution is -2.35. The zero-order valence-electron chi connectivity index (χ0n) is 20.0. The summed E-state index contributed by atoms with van der Waals surface area (Å²) in [6.45, 7) is 4.50. The van der Waals surface area contributed by atoms with Gasteiger partial charge in [-0.25, -0.2) is 0 Å². The summed E-state index contributed by atoms with van der Waals surface area (Å²) < 4.78 is 2.13. The second-order valence-electron chi connectivity index (χ2n) is 9.08. The third-order valence-corrected chi connectivity index (χ3v) is 6.79. The molecule has 0 radical (unpaired) electrons. The number of fused-ring (bicyclic) bond motifs is 1. The van der Waals surface area contributed by atoms with E-state index in [1.165, 1.54) is 17.7 Å². The summed E-state index contributed by atoms with van der Waals surface area (Å²) >= 11 is 0. The lowest BCUT2D eigenvalue weighted by Gasteiger charge is -2.34. The lowest BCUT2D eigenvalue weighted by molar-refractivity contribution is 0.157. The number of rotatable bonds is 9. The number of pyridine rings is 1. The Labute approximate surface area is 201 Å². The van der Waals surface area contributed by atoms with E-state index in [9.17, 15) is 0 Å². The van der Waals surface area contributed by atoms with Gasteiger partial charge in [0.1, 0.15) is 5.82 Å². The van der Waals surface area contributed by atoms with Crippen molar-refractivity contribution in [3.63, 3.8) is 0 Å². The van der Waals surface area contributed by atoms with Crippen LogP contribution in [-0.2, 0) is 20.0 Å². The van der Waals surface area contributed by atoms with Gasteiger partial charge in [0, 0.05) is 31.9 Å². The molecule has 0 amide bonds. The summed E-state index contributed by atoms with van der Waals surface area (Å²) in [6, 6.07) is 14.9. The molecular weight excluding hydrogens is 424 g/mol. The molecule has 0 saturated heterocycles. The van der Waals surface area contributed by atoms with Crippen LogP contribution in [0.2, 0.25) is 0 Å². The summed E-state index contributed by atoms with van der Waals surface area (Å²) in [5.41, 5.74) is 3.72. The number of aromatic nitrogens is 4. The summed E-state index contributed by atoms with van der Waals surface area (Å²) in [5.74, 6) is 2.84. The second kappa shape index (κ2) is 10.8. The lowest BCUT2D eigenvalue weighted by atomic mass is 9.90. The van der Waals surface area contributed by atoms with Crippen molar-refractivity contribution in [2.45, 2.75) is 44.7 Å². The zero-order valence-corrected chi connectivity index (χ0v) is 20.0. The Morgan fingerprint density at radius 1 is 1.12 bits per heavy atom. The van der Waals surface area contributed by atoms with E-state index in [-0.39, 0.29) is 0 Å². The Kier molecular flexibility index (Phi) is 7.14. The minimum absolute atomic E-state index is 0.315. The van der Waals surface area contributed by atoms with E-state index < -0.39 is 0 Å². The van der Waals surface area contributed by atoms with Crippen molar-refractivity contribution in [2.75, 3.05) is 26.2 Å². The molecule has 3 aromatic rings. The molecule has 1 atom stereocenters. The highest BCUT2D eigenvalue weighted by Crippen LogP contribution is 2.34. The highest BCUT2D eigenvalue weighted by Gasteiger charge is 2.28. The van der Waals surface area contributed by atoms with Crippen LogP contribution >= 0.6 is 0 Å². The van der Waals surface area contributed by atoms with E-state index >= 15 is 0 Å². The van der Waals surface area contributed by atoms with Crippen LogP contribution in [0.5, 0.6) is 0 Å². The molecule has 8 nitrogen and oxygen atoms in total. The minimum Gasteiger partial charge on any atom is -0.356 e. The van der Waals surface area contributed by atoms with Gasteiger partial charge in [-0.2, -0.15) is 0 Å². The van der Waals surface area contributed by atoms with E-state index in [1.54, 1.807) is 0 Å². The van der Waals surface area contributed by atoms with Gasteiger partial charge < -0.3 is 15.2 Å². The molecular formula is C26H34N8. The first-order valence-electron chi connectivity index (χ1n) is 12.4. The third-order valence-electron chi connectivity index (χ3n) is 6.79. The summed E-state index contributed by atoms with van der Waals surface area (Å²) in [7, 11) is 2.07. The molecule has 5 rings (SSSR count). The SMILES string of the molecule is Cn1c(CN(CCCCNC2=NCCN2)C2CCCc3cccnc32)nnc1-c1ccccc1. The molecule has 8 heteroatoms. The first-order chi connectivity index (χ1) is 16.8. The quantitative estimate of drug-likeness (QED) is 0.480. The van der Waals surface area contributed by atoms with Crippen LogP contribution in [0.25, 0.3) is 11.4 Å². The molecule has 0 spiro atoms. The fourth-order valence-electron chi connectivity index (χ4n) is 4.97. The standard InChI is InChI=1S/C26H34N8/c1-33-23(31-32-25(33)21-9-3-2-4-10-21)19-34(18-6-5-14-28-26-29-16-17-30-26)22-13-7-11-20-12-8-15-27-24(20)22/h2-4,8-10,12,15,22H,5-7,11,13-14,16-19H2,1H3,(H2,28,29,30). The van der Waals surface area contributed by atoms with Crippen molar-refractivity contribution in [1.29, 1.82) is 0 Å². The number of aryl methyl sites for hydroxylation is 1. The molecule has 1 unspecified atom stereocenters. The monoisotopic (exact) mass is 458 g/mol. The number of hydrogen-bond acceptors (Lipinski definition) is 7. The Balaban J connectivity index is 1.31. The van der Waals surface area contributed by atoms with Gasteiger partial charge in [0.25, 0.3) is 0 Å². The fraction of sp³-hybridized carbons (Fsp3) is 0.462. The van der Waals surface area contributed by atoms with Crippen molar-refractivity contribution < 1.29 is 0 Å². The van der Waals surface area contributed by atoms with Gasteiger partial charge >= 0.3 is 0 Å². The molecule has 0 saturated carbocycles. The number of unbranched alkanes of at least 4 members (excludes halogenated alkanes) is 1. The number of aliphatic imine (C=N–C) groups is 1. The topological polar surface area (TPSA) is 83.3 Å². The molecule has 0 bridgehead atoms. The van der Waals surface area contributed by atoms with Crippen LogP contribution < -0.4 is 10.6 Å². The van der Waals surface area contributed by atoms with Crippen LogP contribution in [0, 0.1) is 0 Å². The smallest absolute Gasteiger partial charge is 0.191 e. The van der Waals surface area contributed by atoms with E-state index in [4.69, 9.17) is 4.98 Å². The van der Waals surface area contributed by atoms with Crippen LogP contribution in [-0.4, -0.2) is 56.8 Å². The largest absolute Gasteiger partial charge is 0.356 e. The van der Waals surface area contributed by atoms with Gasteiger partial charge in [0.2, 0.25) is 0 Å². The molecule has 3 heterocycles. The number of nitrogens with zero attached hydrogens (tertiary/aromatic N) is 6. The highest BCUT2D eigenvalue weighted by atomic mass is 15.3. The molecule has 178 valence electrons. The molecule has 2 N–H and O–H groups in total. The van der Waals surface area contributed by atoms with Crippen LogP contribution in [0.1, 0.15) is 48.8 Å². The number of benzene rings is 1. The van der Waals surface area contributed by atoms with Crippen molar-refractivity contribution in [3.8, 4) is 11.4 Å². The summed E-state index contributed by atoms with van der Waals surface area (Å²) in [5, 5.41) is 15.8. The van der Waals surface area contributed by atoms with Crippen molar-refractivity contribution in [3.05, 3.63) is 65.7 Å². The van der Waals surface area contributed by atoms with E-state index in [0.717, 1.165) is 81.6 Å². The first-order valence-corrected chi connectivity index (χ1v) is 12.4. The van der Waals surface area contributed by atoms with Gasteiger partial charge in [0.05, 0.1) is 24.8 Å². The van der Waals surface area contributed by atoms with Gasteiger partial charge in [-0.15, -0.1) is 10.2 Å². The predicted octanol–water partition coefficient (Wildman–Crippen LogP) is 3.09. The van der Waals surface area contributed by atoms with Crippen LogP contribution in [0.4, 0.5) is 0 Å². The second-order valence-corrected chi connectivity index (χ2v) is 9.08. The maximum absolute atomic E-state index is 4.81. The molecule has 2 aliphatic rings. The Morgan fingerprint density at radius 3 is 2.88 bits per heavy atom. The van der Waals surface area contributed by atoms with Crippen molar-refractivity contribution in [2.24, 2.45) is 12.0 Å². The molecule has 1 aliphatic carbocycles. The Morgan fingerprint density at radius 2 is 2.03 bits per heavy atom. The Hall–Kier alpha value is -3.26. The maximum Gasteiger partial charge on any atom is 0.191 e. The number of hydrogen-bond donors (Lipinski definition) is 2. The molecule has 34 heavy (non-hydrogen) atoms. The van der Waals surface area contributed by atoms with E-state index in [0.29, 0.717) is 6.04 Å². The molecule has 0 fully saturated rings. The average molecular weight is 459 g/mol. The Bertz CT molecular complexity index is 1110. The molecule has 1 aromatic carbocycles. The zero-order chi connectivity index (χ0) is 23.2. The third kappa shape index (κ3) is 5.12. The van der Waals surface area contributed by atoms with Crippen LogP contribution in [0.3, 0.4) is 0 Å². The fourth-order valence-corrected chi connectivity index (χ4v) is 4.97. The van der Waals surface area contributed by atoms with Crippen LogP contribution in [0.15, 0.2) is 53.7 Å². The van der Waals surface area contributed by atoms with Gasteiger partial charge in [-0.1, -0.05) is 36.4 Å². The van der Waals surface area contributed by atoms with E-state index in [2.05, 4.69) is 66.6 Å². The van der Waals surface area contributed by atoms with Gasteiger partial charge in [-0.3, -0.25) is 14.9 Å². The van der Waals surface area contributed by atoms with Gasteiger partial charge in [-0.05, 0) is 50.3 Å². The minimum atomic E-state index is 0.315.